The van der Waals surface area contributed by atoms with Crippen LogP contribution in [0.4, 0.5) is 0 Å². The molecule has 0 heterocycles. The van der Waals surface area contributed by atoms with Crippen molar-refractivity contribution >= 4 is 0 Å². The summed E-state index contributed by atoms with van der Waals surface area (Å²) in [7, 11) is 3.27. The number of aliphatic hydroxyl groups is 1. The van der Waals surface area contributed by atoms with Gasteiger partial charge in [0, 0.05) is 7.11 Å². The van der Waals surface area contributed by atoms with Crippen molar-refractivity contribution in [3.8, 4) is 5.75 Å². The lowest BCUT2D eigenvalue weighted by molar-refractivity contribution is -0.0612. The van der Waals surface area contributed by atoms with Crippen molar-refractivity contribution in [2.45, 2.75) is 25.0 Å². The molecule has 2 rings (SSSR count). The lowest BCUT2D eigenvalue weighted by atomic mass is 9.87. The smallest absolute Gasteiger partial charge is 0.119 e. The Balaban J connectivity index is 2.08. The third kappa shape index (κ3) is 2.83. The van der Waals surface area contributed by atoms with Crippen LogP contribution in [0.3, 0.4) is 0 Å². The van der Waals surface area contributed by atoms with Crippen molar-refractivity contribution in [1.29, 1.82) is 0 Å². The number of rotatable bonds is 5. The average Bonchev–Trinajstić information content (AvgIpc) is 2.41. The number of aryl methyl sites for hydroxylation is 1. The van der Waals surface area contributed by atoms with Crippen LogP contribution in [0.1, 0.15) is 23.7 Å². The van der Waals surface area contributed by atoms with Crippen LogP contribution < -0.4 is 4.74 Å². The minimum atomic E-state index is -0.583. The Morgan fingerprint density at radius 2 is 2.11 bits per heavy atom. The molecule has 100 valence electrons. The second kappa shape index (κ2) is 6.18. The monoisotopic (exact) mass is 252 g/mol. The molecule has 4 nitrogen and oxygen atoms in total. The first-order chi connectivity index (χ1) is 8.76. The molecule has 0 aromatic heterocycles. The van der Waals surface area contributed by atoms with E-state index in [0.29, 0.717) is 13.2 Å². The molecule has 1 aromatic rings. The molecular weight excluding hydrogens is 232 g/mol. The van der Waals surface area contributed by atoms with Gasteiger partial charge in [-0.3, -0.25) is 0 Å². The van der Waals surface area contributed by atoms with E-state index in [4.69, 9.17) is 14.2 Å². The van der Waals surface area contributed by atoms with E-state index in [9.17, 15) is 5.11 Å². The van der Waals surface area contributed by atoms with Gasteiger partial charge in [-0.2, -0.15) is 0 Å². The second-order valence-corrected chi connectivity index (χ2v) is 4.45. The Morgan fingerprint density at radius 1 is 1.28 bits per heavy atom. The predicted octanol–water partition coefficient (Wildman–Crippen LogP) is 1.71. The maximum absolute atomic E-state index is 10.3. The third-order valence-corrected chi connectivity index (χ3v) is 3.34. The van der Waals surface area contributed by atoms with Crippen LogP contribution in [0, 0.1) is 0 Å². The van der Waals surface area contributed by atoms with E-state index < -0.39 is 6.10 Å². The van der Waals surface area contributed by atoms with Crippen molar-refractivity contribution in [2.24, 2.45) is 0 Å². The summed E-state index contributed by atoms with van der Waals surface area (Å²) in [4.78, 5) is 0. The quantitative estimate of drug-likeness (QED) is 0.810. The first kappa shape index (κ1) is 13.3. The number of fused-ring (bicyclic) bond motifs is 1. The Hall–Kier alpha value is -1.10. The molecule has 0 radical (unpaired) electrons. The zero-order valence-electron chi connectivity index (χ0n) is 10.9. The van der Waals surface area contributed by atoms with Crippen molar-refractivity contribution in [1.82, 2.24) is 0 Å². The first-order valence-corrected chi connectivity index (χ1v) is 6.21. The number of benzene rings is 1. The summed E-state index contributed by atoms with van der Waals surface area (Å²) < 4.78 is 15.8. The topological polar surface area (TPSA) is 47.9 Å². The summed E-state index contributed by atoms with van der Waals surface area (Å²) >= 11 is 0. The van der Waals surface area contributed by atoms with E-state index in [0.717, 1.165) is 24.2 Å². The van der Waals surface area contributed by atoms with Gasteiger partial charge in [0.25, 0.3) is 0 Å². The lowest BCUT2D eigenvalue weighted by Crippen LogP contribution is -2.29. The van der Waals surface area contributed by atoms with Gasteiger partial charge in [-0.05, 0) is 36.1 Å². The standard InChI is InChI=1S/C14H20O4/c1-16-7-8-18-13-6-4-10-3-5-11(17-2)9-12(10)14(13)15/h3,5,9,13-15H,4,6-8H2,1-2H3. The maximum atomic E-state index is 10.3. The number of hydrogen-bond donors (Lipinski definition) is 1. The lowest BCUT2D eigenvalue weighted by Gasteiger charge is -2.30. The highest BCUT2D eigenvalue weighted by molar-refractivity contribution is 5.39. The Bertz CT molecular complexity index is 391. The van der Waals surface area contributed by atoms with Crippen LogP contribution in [0.15, 0.2) is 18.2 Å². The molecule has 0 spiro atoms. The van der Waals surface area contributed by atoms with Crippen LogP contribution >= 0.6 is 0 Å². The number of aliphatic hydroxyl groups excluding tert-OH is 1. The SMILES string of the molecule is COCCOC1CCc2ccc(OC)cc2C1O. The summed E-state index contributed by atoms with van der Waals surface area (Å²) in [6.07, 6.45) is 1.03. The molecule has 2 atom stereocenters. The van der Waals surface area contributed by atoms with Gasteiger partial charge in [0.1, 0.15) is 11.9 Å². The largest absolute Gasteiger partial charge is 0.497 e. The molecule has 0 aliphatic heterocycles. The third-order valence-electron chi connectivity index (χ3n) is 3.34. The van der Waals surface area contributed by atoms with Crippen molar-refractivity contribution in [2.75, 3.05) is 27.4 Å². The van der Waals surface area contributed by atoms with E-state index >= 15 is 0 Å². The fourth-order valence-corrected chi connectivity index (χ4v) is 2.32. The molecule has 1 aromatic carbocycles. The summed E-state index contributed by atoms with van der Waals surface area (Å²) in [5.41, 5.74) is 2.10. The molecule has 0 fully saturated rings. The normalized spacial score (nSPS) is 22.6. The van der Waals surface area contributed by atoms with Crippen LogP contribution in [-0.2, 0) is 15.9 Å². The van der Waals surface area contributed by atoms with Gasteiger partial charge in [0.05, 0.1) is 26.4 Å². The molecule has 1 N–H and O–H groups in total. The molecule has 1 aliphatic rings. The van der Waals surface area contributed by atoms with Gasteiger partial charge < -0.3 is 19.3 Å². The number of methoxy groups -OCH3 is 2. The molecule has 4 heteroatoms. The van der Waals surface area contributed by atoms with E-state index in [1.807, 2.05) is 18.2 Å². The van der Waals surface area contributed by atoms with Gasteiger partial charge >= 0.3 is 0 Å². The molecule has 0 bridgehead atoms. The fourth-order valence-electron chi connectivity index (χ4n) is 2.32. The van der Waals surface area contributed by atoms with Crippen molar-refractivity contribution < 1.29 is 19.3 Å². The Labute approximate surface area is 107 Å². The molecule has 1 aliphatic carbocycles. The van der Waals surface area contributed by atoms with Gasteiger partial charge in [-0.1, -0.05) is 6.07 Å². The van der Waals surface area contributed by atoms with E-state index in [1.54, 1.807) is 14.2 Å². The predicted molar refractivity (Wildman–Crippen MR) is 67.9 cm³/mol. The molecule has 18 heavy (non-hydrogen) atoms. The molecule has 2 unspecified atom stereocenters. The van der Waals surface area contributed by atoms with Crippen molar-refractivity contribution in [3.63, 3.8) is 0 Å². The highest BCUT2D eigenvalue weighted by atomic mass is 16.5. The second-order valence-electron chi connectivity index (χ2n) is 4.45. The van der Waals surface area contributed by atoms with Gasteiger partial charge in [-0.25, -0.2) is 0 Å². The molecule has 0 saturated heterocycles. The number of hydrogen-bond acceptors (Lipinski definition) is 4. The number of ether oxygens (including phenoxy) is 3. The summed E-state index contributed by atoms with van der Waals surface area (Å²) in [5, 5.41) is 10.3. The van der Waals surface area contributed by atoms with Crippen molar-refractivity contribution in [3.05, 3.63) is 29.3 Å². The van der Waals surface area contributed by atoms with E-state index in [-0.39, 0.29) is 6.10 Å². The molecular formula is C14H20O4. The Morgan fingerprint density at radius 3 is 2.83 bits per heavy atom. The first-order valence-electron chi connectivity index (χ1n) is 6.21. The molecule has 0 amide bonds. The van der Waals surface area contributed by atoms with Gasteiger partial charge in [0.15, 0.2) is 0 Å². The maximum Gasteiger partial charge on any atom is 0.119 e. The summed E-state index contributed by atoms with van der Waals surface area (Å²) in [5.74, 6) is 0.769. The highest BCUT2D eigenvalue weighted by Crippen LogP contribution is 2.34. The highest BCUT2D eigenvalue weighted by Gasteiger charge is 2.28. The van der Waals surface area contributed by atoms with E-state index in [1.165, 1.54) is 5.56 Å². The van der Waals surface area contributed by atoms with Gasteiger partial charge in [-0.15, -0.1) is 0 Å². The van der Waals surface area contributed by atoms with E-state index in [2.05, 4.69) is 0 Å². The summed E-state index contributed by atoms with van der Waals surface area (Å²) in [6, 6.07) is 5.84. The van der Waals surface area contributed by atoms with Crippen LogP contribution in [0.5, 0.6) is 5.75 Å². The van der Waals surface area contributed by atoms with Crippen LogP contribution in [0.2, 0.25) is 0 Å². The van der Waals surface area contributed by atoms with Gasteiger partial charge in [0.2, 0.25) is 0 Å². The minimum Gasteiger partial charge on any atom is -0.497 e. The minimum absolute atomic E-state index is 0.153. The zero-order chi connectivity index (χ0) is 13.0. The average molecular weight is 252 g/mol. The van der Waals surface area contributed by atoms with Crippen LogP contribution in [-0.4, -0.2) is 38.6 Å². The Kier molecular flexibility index (Phi) is 4.58. The zero-order valence-corrected chi connectivity index (χ0v) is 10.9. The van der Waals surface area contributed by atoms with Crippen LogP contribution in [0.25, 0.3) is 0 Å². The fraction of sp³-hybridized carbons (Fsp3) is 0.571. The molecule has 0 saturated carbocycles. The summed E-state index contributed by atoms with van der Waals surface area (Å²) in [6.45, 7) is 1.06.